The minimum absolute atomic E-state index is 0.114. The van der Waals surface area contributed by atoms with Gasteiger partial charge in [-0.15, -0.1) is 0 Å². The summed E-state index contributed by atoms with van der Waals surface area (Å²) in [6.45, 7) is 1.73. The Balaban J connectivity index is 2.77. The topological polar surface area (TPSA) is 75.2 Å². The fourth-order valence-corrected chi connectivity index (χ4v) is 3.51. The molecule has 0 spiro atoms. The molecule has 1 heterocycles. The van der Waals surface area contributed by atoms with Crippen molar-refractivity contribution in [2.75, 3.05) is 20.4 Å². The van der Waals surface area contributed by atoms with Gasteiger partial charge in [-0.3, -0.25) is 4.79 Å². The fourth-order valence-electron chi connectivity index (χ4n) is 2.30. The minimum atomic E-state index is -3.38. The lowest BCUT2D eigenvalue weighted by atomic mass is 10.2. The van der Waals surface area contributed by atoms with Crippen molar-refractivity contribution in [2.45, 2.75) is 17.9 Å². The number of fused-ring (bicyclic) bond motifs is 1. The SMILES string of the molecule is CC(C(=O)N(C)C)n1c(=S)[nH]c2c(S(C)(=O)=O)cccc21. The number of rotatable bonds is 3. The fraction of sp³-hybridized carbons (Fsp3) is 0.385. The first-order valence-electron chi connectivity index (χ1n) is 6.29. The summed E-state index contributed by atoms with van der Waals surface area (Å²) in [6, 6.07) is 4.39. The van der Waals surface area contributed by atoms with Crippen molar-refractivity contribution >= 4 is 39.0 Å². The van der Waals surface area contributed by atoms with Gasteiger partial charge < -0.3 is 14.5 Å². The predicted octanol–water partition coefficient (Wildman–Crippen LogP) is 1.75. The zero-order valence-corrected chi connectivity index (χ0v) is 13.9. The van der Waals surface area contributed by atoms with E-state index in [2.05, 4.69) is 4.98 Å². The third-order valence-electron chi connectivity index (χ3n) is 3.30. The number of hydrogen-bond donors (Lipinski definition) is 1. The van der Waals surface area contributed by atoms with E-state index in [-0.39, 0.29) is 10.8 Å². The highest BCUT2D eigenvalue weighted by Crippen LogP contribution is 2.25. The van der Waals surface area contributed by atoms with E-state index in [4.69, 9.17) is 12.2 Å². The van der Waals surface area contributed by atoms with E-state index in [1.807, 2.05) is 0 Å². The van der Waals surface area contributed by atoms with Gasteiger partial charge in [0.05, 0.1) is 15.9 Å². The molecular formula is C13H17N3O3S2. The summed E-state index contributed by atoms with van der Waals surface area (Å²) in [6.07, 6.45) is 1.14. The molecule has 0 bridgehead atoms. The quantitative estimate of drug-likeness (QED) is 0.872. The molecule has 0 radical (unpaired) electrons. The van der Waals surface area contributed by atoms with Gasteiger partial charge in [-0.2, -0.15) is 0 Å². The van der Waals surface area contributed by atoms with Crippen LogP contribution in [-0.4, -0.2) is 49.1 Å². The average molecular weight is 327 g/mol. The monoisotopic (exact) mass is 327 g/mol. The number of nitrogens with zero attached hydrogens (tertiary/aromatic N) is 2. The number of nitrogens with one attached hydrogen (secondary N) is 1. The highest BCUT2D eigenvalue weighted by molar-refractivity contribution is 7.91. The van der Waals surface area contributed by atoms with Crippen LogP contribution in [0.3, 0.4) is 0 Å². The van der Waals surface area contributed by atoms with Crippen molar-refractivity contribution in [3.8, 4) is 0 Å². The second kappa shape index (κ2) is 5.27. The number of carbonyl (C=O) groups excluding carboxylic acids is 1. The van der Waals surface area contributed by atoms with Crippen LogP contribution in [0, 0.1) is 4.77 Å². The first-order chi connectivity index (χ1) is 9.64. The van der Waals surface area contributed by atoms with Gasteiger partial charge in [0.2, 0.25) is 5.91 Å². The molecule has 2 aromatic rings. The van der Waals surface area contributed by atoms with E-state index in [1.165, 1.54) is 11.0 Å². The van der Waals surface area contributed by atoms with Gasteiger partial charge in [0.1, 0.15) is 6.04 Å². The lowest BCUT2D eigenvalue weighted by molar-refractivity contribution is -0.131. The third kappa shape index (κ3) is 2.73. The van der Waals surface area contributed by atoms with Crippen LogP contribution < -0.4 is 0 Å². The number of aromatic amines is 1. The number of carbonyl (C=O) groups is 1. The summed E-state index contributed by atoms with van der Waals surface area (Å²) in [7, 11) is -0.0496. The van der Waals surface area contributed by atoms with E-state index >= 15 is 0 Å². The van der Waals surface area contributed by atoms with Gasteiger partial charge >= 0.3 is 0 Å². The number of aromatic nitrogens is 2. The molecule has 0 aliphatic heterocycles. The molecule has 114 valence electrons. The minimum Gasteiger partial charge on any atom is -0.347 e. The molecule has 8 heteroatoms. The number of para-hydroxylation sites is 1. The molecule has 1 aromatic carbocycles. The highest BCUT2D eigenvalue weighted by atomic mass is 32.2. The molecule has 21 heavy (non-hydrogen) atoms. The second-order valence-electron chi connectivity index (χ2n) is 5.13. The van der Waals surface area contributed by atoms with Gasteiger partial charge in [0.25, 0.3) is 0 Å². The van der Waals surface area contributed by atoms with E-state index in [0.717, 1.165) is 6.26 Å². The normalized spacial score (nSPS) is 13.3. The van der Waals surface area contributed by atoms with Crippen molar-refractivity contribution in [1.29, 1.82) is 0 Å². The summed E-state index contributed by atoms with van der Waals surface area (Å²) in [4.78, 5) is 16.7. The molecule has 0 fully saturated rings. The van der Waals surface area contributed by atoms with E-state index in [1.54, 1.807) is 37.7 Å². The molecule has 1 amide bonds. The van der Waals surface area contributed by atoms with Crippen LogP contribution in [-0.2, 0) is 14.6 Å². The van der Waals surface area contributed by atoms with Crippen molar-refractivity contribution in [3.63, 3.8) is 0 Å². The van der Waals surface area contributed by atoms with Crippen LogP contribution in [0.25, 0.3) is 11.0 Å². The Morgan fingerprint density at radius 1 is 1.38 bits per heavy atom. The Hall–Kier alpha value is -1.67. The molecule has 1 aromatic heterocycles. The van der Waals surface area contributed by atoms with Crippen LogP contribution >= 0.6 is 12.2 Å². The van der Waals surface area contributed by atoms with Crippen molar-refractivity contribution in [1.82, 2.24) is 14.5 Å². The maximum absolute atomic E-state index is 12.1. The molecule has 6 nitrogen and oxygen atoms in total. The molecule has 1 N–H and O–H groups in total. The van der Waals surface area contributed by atoms with Crippen LogP contribution in [0.2, 0.25) is 0 Å². The molecule has 2 rings (SSSR count). The maximum Gasteiger partial charge on any atom is 0.244 e. The number of sulfone groups is 1. The van der Waals surface area contributed by atoms with Crippen LogP contribution in [0.5, 0.6) is 0 Å². The Morgan fingerprint density at radius 3 is 2.52 bits per heavy atom. The van der Waals surface area contributed by atoms with E-state index in [0.29, 0.717) is 15.8 Å². The molecule has 0 aliphatic carbocycles. The zero-order valence-electron chi connectivity index (χ0n) is 12.2. The van der Waals surface area contributed by atoms with Crippen LogP contribution in [0.1, 0.15) is 13.0 Å². The average Bonchev–Trinajstić information content (AvgIpc) is 2.71. The first kappa shape index (κ1) is 15.7. The summed E-state index contributed by atoms with van der Waals surface area (Å²) < 4.78 is 25.6. The predicted molar refractivity (Wildman–Crippen MR) is 83.6 cm³/mol. The van der Waals surface area contributed by atoms with Gasteiger partial charge in [0, 0.05) is 20.4 Å². The van der Waals surface area contributed by atoms with Crippen molar-refractivity contribution < 1.29 is 13.2 Å². The van der Waals surface area contributed by atoms with Crippen molar-refractivity contribution in [3.05, 3.63) is 23.0 Å². The lowest BCUT2D eigenvalue weighted by Crippen LogP contribution is -2.29. The third-order valence-corrected chi connectivity index (χ3v) is 4.74. The summed E-state index contributed by atoms with van der Waals surface area (Å²) in [5.41, 5.74) is 1.04. The van der Waals surface area contributed by atoms with E-state index in [9.17, 15) is 13.2 Å². The molecule has 0 aliphatic rings. The standard InChI is InChI=1S/C13H17N3O3S2/c1-8(12(17)15(2)3)16-9-6-5-7-10(21(4,18)19)11(9)14-13(16)20/h5-8H,1-4H3,(H,14,20). The number of benzene rings is 1. The largest absolute Gasteiger partial charge is 0.347 e. The number of H-pyrrole nitrogens is 1. The first-order valence-corrected chi connectivity index (χ1v) is 8.59. The van der Waals surface area contributed by atoms with Crippen molar-refractivity contribution in [2.24, 2.45) is 0 Å². The second-order valence-corrected chi connectivity index (χ2v) is 7.50. The smallest absolute Gasteiger partial charge is 0.244 e. The highest BCUT2D eigenvalue weighted by Gasteiger charge is 2.22. The molecule has 1 unspecified atom stereocenters. The summed E-state index contributed by atoms with van der Waals surface area (Å²) in [5, 5.41) is 0. The molecule has 0 saturated heterocycles. The van der Waals surface area contributed by atoms with Crippen LogP contribution in [0.4, 0.5) is 0 Å². The van der Waals surface area contributed by atoms with E-state index < -0.39 is 15.9 Å². The van der Waals surface area contributed by atoms with Gasteiger partial charge in [-0.05, 0) is 31.3 Å². The number of imidazole rings is 1. The Bertz CT molecular complexity index is 862. The Labute approximate surface area is 128 Å². The lowest BCUT2D eigenvalue weighted by Gasteiger charge is -2.18. The van der Waals surface area contributed by atoms with Gasteiger partial charge in [-0.25, -0.2) is 8.42 Å². The number of likely N-dealkylation sites (N-methyl/N-ethyl adjacent to an activating group) is 1. The summed E-state index contributed by atoms with van der Waals surface area (Å²) in [5.74, 6) is -0.114. The Morgan fingerprint density at radius 2 is 2.00 bits per heavy atom. The van der Waals surface area contributed by atoms with Crippen LogP contribution in [0.15, 0.2) is 23.1 Å². The van der Waals surface area contributed by atoms with Gasteiger partial charge in [-0.1, -0.05) is 6.07 Å². The Kier molecular flexibility index (Phi) is 3.94. The number of amides is 1. The van der Waals surface area contributed by atoms with Gasteiger partial charge in [0.15, 0.2) is 14.6 Å². The number of hydrogen-bond acceptors (Lipinski definition) is 4. The zero-order chi connectivity index (χ0) is 15.9. The molecule has 0 saturated carbocycles. The molecule has 1 atom stereocenters. The summed E-state index contributed by atoms with van der Waals surface area (Å²) >= 11 is 5.26. The maximum atomic E-state index is 12.1. The molecular weight excluding hydrogens is 310 g/mol.